The fraction of sp³-hybridized carbons (Fsp3) is 0.410. The number of unbranched alkanes of at least 4 members (excludes halogenated alkanes) is 13. The highest BCUT2D eigenvalue weighted by Gasteiger charge is 2.12. The van der Waals surface area contributed by atoms with E-state index < -0.39 is 5.97 Å². The van der Waals surface area contributed by atoms with Crippen LogP contribution in [0.25, 0.3) is 10.8 Å². The number of nitrogens with zero attached hydrogens (tertiary/aromatic N) is 2. The molecule has 0 radical (unpaired) electrons. The SMILES string of the molecule is CCCCCCCCCCCCCCCCOc1ccc(C(=O)Oc2ccc(N=Nc3ccc4ccccc4c3)cc2Cl)cc1. The summed E-state index contributed by atoms with van der Waals surface area (Å²) in [5, 5.41) is 11.1. The third kappa shape index (κ3) is 12.3. The van der Waals surface area contributed by atoms with E-state index >= 15 is 0 Å². The second-order valence-corrected chi connectivity index (χ2v) is 12.1. The van der Waals surface area contributed by atoms with E-state index in [2.05, 4.69) is 23.2 Å². The molecular weight excluding hydrogens is 580 g/mol. The lowest BCUT2D eigenvalue weighted by Crippen LogP contribution is -2.08. The van der Waals surface area contributed by atoms with E-state index in [1.807, 2.05) is 36.4 Å². The van der Waals surface area contributed by atoms with E-state index in [1.54, 1.807) is 42.5 Å². The van der Waals surface area contributed by atoms with Crippen molar-refractivity contribution in [2.75, 3.05) is 6.61 Å². The summed E-state index contributed by atoms with van der Waals surface area (Å²) in [6.07, 6.45) is 18.7. The lowest BCUT2D eigenvalue weighted by Gasteiger charge is -2.09. The Balaban J connectivity index is 1.10. The summed E-state index contributed by atoms with van der Waals surface area (Å²) in [6, 6.07) is 26.0. The molecule has 0 heterocycles. The lowest BCUT2D eigenvalue weighted by molar-refractivity contribution is 0.0735. The molecule has 0 aromatic heterocycles. The molecule has 45 heavy (non-hydrogen) atoms. The fourth-order valence-corrected chi connectivity index (χ4v) is 5.54. The molecule has 0 aliphatic heterocycles. The van der Waals surface area contributed by atoms with E-state index in [9.17, 15) is 4.79 Å². The molecule has 0 N–H and O–H groups in total. The molecule has 5 nitrogen and oxygen atoms in total. The fourth-order valence-electron chi connectivity index (χ4n) is 5.32. The maximum Gasteiger partial charge on any atom is 0.343 e. The van der Waals surface area contributed by atoms with Gasteiger partial charge in [0.25, 0.3) is 0 Å². The molecule has 4 rings (SSSR count). The monoisotopic (exact) mass is 626 g/mol. The molecule has 6 heteroatoms. The topological polar surface area (TPSA) is 60.2 Å². The number of azo groups is 1. The van der Waals surface area contributed by atoms with Crippen LogP contribution in [0.15, 0.2) is 95.2 Å². The van der Waals surface area contributed by atoms with E-state index in [0.29, 0.717) is 17.9 Å². The van der Waals surface area contributed by atoms with Gasteiger partial charge >= 0.3 is 5.97 Å². The maximum absolute atomic E-state index is 12.7. The Morgan fingerprint density at radius 3 is 1.80 bits per heavy atom. The van der Waals surface area contributed by atoms with Gasteiger partial charge in [-0.2, -0.15) is 10.2 Å². The number of esters is 1. The molecule has 0 saturated heterocycles. The molecule has 0 amide bonds. The average Bonchev–Trinajstić information content (AvgIpc) is 3.06. The van der Waals surface area contributed by atoms with Crippen molar-refractivity contribution in [1.29, 1.82) is 0 Å². The van der Waals surface area contributed by atoms with Crippen molar-refractivity contribution in [3.8, 4) is 11.5 Å². The Morgan fingerprint density at radius 1 is 0.622 bits per heavy atom. The first-order valence-corrected chi connectivity index (χ1v) is 17.2. The summed E-state index contributed by atoms with van der Waals surface area (Å²) in [4.78, 5) is 12.7. The minimum Gasteiger partial charge on any atom is -0.494 e. The minimum absolute atomic E-state index is 0.268. The number of carbonyl (C=O) groups excluding carboxylic acids is 1. The van der Waals surface area contributed by atoms with Gasteiger partial charge < -0.3 is 9.47 Å². The zero-order valence-electron chi connectivity index (χ0n) is 26.7. The van der Waals surface area contributed by atoms with Gasteiger partial charge in [-0.05, 0) is 71.8 Å². The van der Waals surface area contributed by atoms with E-state index in [1.165, 1.54) is 83.5 Å². The Kier molecular flexibility index (Phi) is 14.9. The zero-order chi connectivity index (χ0) is 31.5. The van der Waals surface area contributed by atoms with Crippen molar-refractivity contribution >= 4 is 39.7 Å². The largest absolute Gasteiger partial charge is 0.494 e. The molecule has 0 spiro atoms. The van der Waals surface area contributed by atoms with Crippen LogP contribution in [0, 0.1) is 0 Å². The molecule has 0 unspecified atom stereocenters. The molecule has 0 fully saturated rings. The van der Waals surface area contributed by atoms with Crippen molar-refractivity contribution in [3.63, 3.8) is 0 Å². The molecule has 4 aromatic carbocycles. The number of ether oxygens (including phenoxy) is 2. The van der Waals surface area contributed by atoms with Crippen molar-refractivity contribution in [2.24, 2.45) is 10.2 Å². The summed E-state index contributed by atoms with van der Waals surface area (Å²) >= 11 is 6.40. The minimum atomic E-state index is -0.485. The van der Waals surface area contributed by atoms with Crippen molar-refractivity contribution < 1.29 is 14.3 Å². The van der Waals surface area contributed by atoms with Gasteiger partial charge in [0.05, 0.1) is 28.6 Å². The molecule has 0 saturated carbocycles. The molecular formula is C39H47ClN2O3. The quantitative estimate of drug-likeness (QED) is 0.0424. The van der Waals surface area contributed by atoms with Crippen molar-refractivity contribution in [2.45, 2.75) is 96.8 Å². The van der Waals surface area contributed by atoms with Gasteiger partial charge in [-0.1, -0.05) is 132 Å². The van der Waals surface area contributed by atoms with Gasteiger partial charge in [0, 0.05) is 0 Å². The molecule has 0 aliphatic rings. The van der Waals surface area contributed by atoms with Gasteiger partial charge in [0.1, 0.15) is 11.5 Å². The predicted molar refractivity (Wildman–Crippen MR) is 187 cm³/mol. The third-order valence-electron chi connectivity index (χ3n) is 7.99. The third-order valence-corrected chi connectivity index (χ3v) is 8.28. The number of hydrogen-bond acceptors (Lipinski definition) is 5. The smallest absolute Gasteiger partial charge is 0.343 e. The zero-order valence-corrected chi connectivity index (χ0v) is 27.4. The Hall–Kier alpha value is -3.70. The first-order chi connectivity index (χ1) is 22.1. The van der Waals surface area contributed by atoms with Gasteiger partial charge in [-0.25, -0.2) is 4.79 Å². The average molecular weight is 627 g/mol. The predicted octanol–water partition coefficient (Wildman–Crippen LogP) is 13.0. The molecule has 238 valence electrons. The highest BCUT2D eigenvalue weighted by molar-refractivity contribution is 6.32. The number of hydrogen-bond donors (Lipinski definition) is 0. The molecule has 0 aliphatic carbocycles. The summed E-state index contributed by atoms with van der Waals surface area (Å²) in [7, 11) is 0. The molecule has 4 aromatic rings. The normalized spacial score (nSPS) is 11.3. The van der Waals surface area contributed by atoms with Gasteiger partial charge in [-0.3, -0.25) is 0 Å². The second-order valence-electron chi connectivity index (χ2n) is 11.7. The van der Waals surface area contributed by atoms with Crippen molar-refractivity contribution in [1.82, 2.24) is 0 Å². The van der Waals surface area contributed by atoms with Crippen molar-refractivity contribution in [3.05, 3.63) is 95.5 Å². The van der Waals surface area contributed by atoms with Crippen LogP contribution in [-0.2, 0) is 0 Å². The van der Waals surface area contributed by atoms with Crippen LogP contribution in [0.1, 0.15) is 107 Å². The first kappa shape index (κ1) is 34.2. The van der Waals surface area contributed by atoms with Crippen LogP contribution in [0.4, 0.5) is 11.4 Å². The number of fused-ring (bicyclic) bond motifs is 1. The van der Waals surface area contributed by atoms with E-state index in [4.69, 9.17) is 21.1 Å². The van der Waals surface area contributed by atoms with Crippen LogP contribution in [0.5, 0.6) is 11.5 Å². The van der Waals surface area contributed by atoms with E-state index in [0.717, 1.165) is 28.6 Å². The molecule has 0 bridgehead atoms. The van der Waals surface area contributed by atoms with Crippen LogP contribution in [-0.4, -0.2) is 12.6 Å². The Bertz CT molecular complexity index is 1490. The lowest BCUT2D eigenvalue weighted by atomic mass is 10.0. The summed E-state index contributed by atoms with van der Waals surface area (Å²) in [6.45, 7) is 2.96. The first-order valence-electron chi connectivity index (χ1n) is 16.8. The Morgan fingerprint density at radius 2 is 1.18 bits per heavy atom. The van der Waals surface area contributed by atoms with E-state index in [-0.39, 0.29) is 10.8 Å². The highest BCUT2D eigenvalue weighted by Crippen LogP contribution is 2.31. The standard InChI is InChI=1S/C39H47ClN2O3/c1-2-3-4-5-6-7-8-9-10-11-12-13-14-17-28-44-36-25-21-32(22-26-36)39(43)45-38-27-24-35(30-37(38)40)42-41-34-23-20-31-18-15-16-19-33(31)29-34/h15-16,18-27,29-30H,2-14,17,28H2,1H3. The summed E-state index contributed by atoms with van der Waals surface area (Å²) < 4.78 is 11.4. The second kappa shape index (κ2) is 19.6. The van der Waals surface area contributed by atoms with Gasteiger partial charge in [0.15, 0.2) is 0 Å². The number of carbonyl (C=O) groups is 1. The molecule has 0 atom stereocenters. The summed E-state index contributed by atoms with van der Waals surface area (Å²) in [5.74, 6) is 0.533. The van der Waals surface area contributed by atoms with Gasteiger partial charge in [-0.15, -0.1) is 0 Å². The number of halogens is 1. The van der Waals surface area contributed by atoms with Gasteiger partial charge in [0.2, 0.25) is 0 Å². The Labute approximate surface area is 274 Å². The number of benzene rings is 4. The van der Waals surface area contributed by atoms with Crippen LogP contribution >= 0.6 is 11.6 Å². The maximum atomic E-state index is 12.7. The summed E-state index contributed by atoms with van der Waals surface area (Å²) in [5.41, 5.74) is 1.73. The number of rotatable bonds is 20. The van der Waals surface area contributed by atoms with Crippen LogP contribution in [0.2, 0.25) is 5.02 Å². The highest BCUT2D eigenvalue weighted by atomic mass is 35.5. The van der Waals surface area contributed by atoms with Crippen LogP contribution in [0.3, 0.4) is 0 Å². The van der Waals surface area contributed by atoms with Crippen LogP contribution < -0.4 is 9.47 Å².